The van der Waals surface area contributed by atoms with Crippen LogP contribution in [-0.2, 0) is 14.4 Å². The van der Waals surface area contributed by atoms with Crippen molar-refractivity contribution in [2.24, 2.45) is 22.4 Å². The summed E-state index contributed by atoms with van der Waals surface area (Å²) in [6, 6.07) is -0.948. The molecule has 0 aromatic rings. The molecule has 6 N–H and O–H groups in total. The standard InChI is InChI=1S/C11H18N4O5/c12-7(10(19)20)2-1-3-14-11(13)15-5-6(9(17)18)4-8(15)16/h6-7H,1-5,12H2,(H2,13,14)(H,17,18)(H,19,20)/t6?,7-/m0/s1. The van der Waals surface area contributed by atoms with Crippen molar-refractivity contribution in [3.8, 4) is 0 Å². The Morgan fingerprint density at radius 3 is 2.60 bits per heavy atom. The van der Waals surface area contributed by atoms with Gasteiger partial charge in [0.25, 0.3) is 0 Å². The zero-order valence-corrected chi connectivity index (χ0v) is 10.9. The summed E-state index contributed by atoms with van der Waals surface area (Å²) in [5, 5.41) is 17.4. The zero-order valence-electron chi connectivity index (χ0n) is 10.9. The Morgan fingerprint density at radius 2 is 2.10 bits per heavy atom. The van der Waals surface area contributed by atoms with E-state index in [9.17, 15) is 14.4 Å². The topological polar surface area (TPSA) is 159 Å². The van der Waals surface area contributed by atoms with Gasteiger partial charge in [-0.05, 0) is 12.8 Å². The number of aliphatic carboxylic acids is 2. The van der Waals surface area contributed by atoms with Gasteiger partial charge in [-0.15, -0.1) is 0 Å². The van der Waals surface area contributed by atoms with Gasteiger partial charge in [-0.25, -0.2) is 0 Å². The number of nitrogens with two attached hydrogens (primary N) is 2. The Morgan fingerprint density at radius 1 is 1.45 bits per heavy atom. The minimum atomic E-state index is -1.08. The van der Waals surface area contributed by atoms with Gasteiger partial charge in [0.05, 0.1) is 5.92 Å². The lowest BCUT2D eigenvalue weighted by Crippen LogP contribution is -2.39. The maximum absolute atomic E-state index is 11.6. The molecule has 1 fully saturated rings. The molecule has 0 aliphatic carbocycles. The van der Waals surface area contributed by atoms with Crippen molar-refractivity contribution in [1.29, 1.82) is 0 Å². The second-order valence-corrected chi connectivity index (χ2v) is 4.57. The average molecular weight is 286 g/mol. The summed E-state index contributed by atoms with van der Waals surface area (Å²) >= 11 is 0. The lowest BCUT2D eigenvalue weighted by atomic mass is 10.1. The van der Waals surface area contributed by atoms with E-state index >= 15 is 0 Å². The Labute approximate surface area is 115 Å². The molecule has 0 bridgehead atoms. The van der Waals surface area contributed by atoms with Crippen molar-refractivity contribution in [1.82, 2.24) is 4.90 Å². The molecule has 9 heteroatoms. The van der Waals surface area contributed by atoms with Gasteiger partial charge in [0.15, 0.2) is 5.96 Å². The SMILES string of the molecule is NC(=NCCC[C@H](N)C(=O)O)N1CC(C(=O)O)CC1=O. The predicted molar refractivity (Wildman–Crippen MR) is 68.8 cm³/mol. The van der Waals surface area contributed by atoms with Gasteiger partial charge < -0.3 is 21.7 Å². The van der Waals surface area contributed by atoms with Gasteiger partial charge >= 0.3 is 11.9 Å². The average Bonchev–Trinajstić information content (AvgIpc) is 2.76. The monoisotopic (exact) mass is 286 g/mol. The number of carbonyl (C=O) groups excluding carboxylic acids is 1. The van der Waals surface area contributed by atoms with Crippen LogP contribution in [0.2, 0.25) is 0 Å². The fraction of sp³-hybridized carbons (Fsp3) is 0.636. The Hall–Kier alpha value is -2.16. The van der Waals surface area contributed by atoms with Crippen molar-refractivity contribution in [2.75, 3.05) is 13.1 Å². The second-order valence-electron chi connectivity index (χ2n) is 4.57. The lowest BCUT2D eigenvalue weighted by molar-refractivity contribution is -0.141. The maximum Gasteiger partial charge on any atom is 0.320 e. The number of guanidine groups is 1. The smallest absolute Gasteiger partial charge is 0.320 e. The fourth-order valence-electron chi connectivity index (χ4n) is 1.81. The maximum atomic E-state index is 11.6. The van der Waals surface area contributed by atoms with E-state index in [0.717, 1.165) is 4.90 Å². The van der Waals surface area contributed by atoms with Crippen LogP contribution in [-0.4, -0.2) is 58.0 Å². The normalized spacial score (nSPS) is 21.1. The van der Waals surface area contributed by atoms with E-state index in [1.54, 1.807) is 0 Å². The zero-order chi connectivity index (χ0) is 15.3. The van der Waals surface area contributed by atoms with Crippen LogP contribution in [0.15, 0.2) is 4.99 Å². The highest BCUT2D eigenvalue weighted by atomic mass is 16.4. The molecule has 20 heavy (non-hydrogen) atoms. The lowest BCUT2D eigenvalue weighted by Gasteiger charge is -2.14. The molecule has 0 saturated carbocycles. The first kappa shape index (κ1) is 15.9. The first-order valence-electron chi connectivity index (χ1n) is 6.14. The first-order chi connectivity index (χ1) is 9.32. The van der Waals surface area contributed by atoms with Gasteiger partial charge in [0.1, 0.15) is 6.04 Å². The van der Waals surface area contributed by atoms with Gasteiger partial charge in [0, 0.05) is 19.5 Å². The van der Waals surface area contributed by atoms with Crippen molar-refractivity contribution in [3.05, 3.63) is 0 Å². The van der Waals surface area contributed by atoms with Crippen molar-refractivity contribution < 1.29 is 24.6 Å². The summed E-state index contributed by atoms with van der Waals surface area (Å²) in [4.78, 5) is 37.9. The van der Waals surface area contributed by atoms with Gasteiger partial charge in [-0.2, -0.15) is 0 Å². The van der Waals surface area contributed by atoms with Crippen LogP contribution in [0.5, 0.6) is 0 Å². The van der Waals surface area contributed by atoms with Crippen LogP contribution in [0.3, 0.4) is 0 Å². The summed E-state index contributed by atoms with van der Waals surface area (Å²) < 4.78 is 0. The molecule has 0 aromatic carbocycles. The van der Waals surface area contributed by atoms with E-state index in [1.807, 2.05) is 0 Å². The Kier molecular flexibility index (Phi) is 5.44. The number of amides is 1. The predicted octanol–water partition coefficient (Wildman–Crippen LogP) is -1.57. The highest BCUT2D eigenvalue weighted by molar-refractivity contribution is 6.00. The van der Waals surface area contributed by atoms with E-state index < -0.39 is 23.9 Å². The van der Waals surface area contributed by atoms with E-state index in [4.69, 9.17) is 21.7 Å². The molecule has 1 rings (SSSR count). The molecule has 1 heterocycles. The highest BCUT2D eigenvalue weighted by Gasteiger charge is 2.35. The number of carboxylic acid groups (broad SMARTS) is 2. The largest absolute Gasteiger partial charge is 0.481 e. The van der Waals surface area contributed by atoms with Crippen LogP contribution in [0.1, 0.15) is 19.3 Å². The number of hydrogen-bond donors (Lipinski definition) is 4. The number of hydrogen-bond acceptors (Lipinski definition) is 5. The highest BCUT2D eigenvalue weighted by Crippen LogP contribution is 2.17. The van der Waals surface area contributed by atoms with Crippen LogP contribution in [0.4, 0.5) is 0 Å². The van der Waals surface area contributed by atoms with Crippen LogP contribution in [0.25, 0.3) is 0 Å². The number of likely N-dealkylation sites (tertiary alicyclic amines) is 1. The van der Waals surface area contributed by atoms with Crippen LogP contribution >= 0.6 is 0 Å². The van der Waals surface area contributed by atoms with E-state index in [2.05, 4.69) is 4.99 Å². The van der Waals surface area contributed by atoms with Crippen molar-refractivity contribution in [3.63, 3.8) is 0 Å². The van der Waals surface area contributed by atoms with Crippen molar-refractivity contribution in [2.45, 2.75) is 25.3 Å². The quantitative estimate of drug-likeness (QED) is 0.260. The minimum absolute atomic E-state index is 0.0120. The number of rotatable bonds is 6. The Bertz CT molecular complexity index is 437. The third kappa shape index (κ3) is 4.19. The molecule has 1 aliphatic rings. The third-order valence-corrected chi connectivity index (χ3v) is 3.02. The second kappa shape index (κ2) is 6.85. The molecule has 0 spiro atoms. The molecular weight excluding hydrogens is 268 g/mol. The third-order valence-electron chi connectivity index (χ3n) is 3.02. The molecular formula is C11H18N4O5. The molecule has 1 saturated heterocycles. The molecule has 2 atom stereocenters. The van der Waals surface area contributed by atoms with E-state index in [0.29, 0.717) is 6.42 Å². The number of aliphatic imine (C=N–C) groups is 1. The van der Waals surface area contributed by atoms with Crippen LogP contribution in [0, 0.1) is 5.92 Å². The molecule has 0 radical (unpaired) electrons. The summed E-state index contributed by atoms with van der Waals surface area (Å²) in [7, 11) is 0. The summed E-state index contributed by atoms with van der Waals surface area (Å²) in [6.07, 6.45) is 0.575. The van der Waals surface area contributed by atoms with Crippen molar-refractivity contribution >= 4 is 23.8 Å². The molecule has 1 aliphatic heterocycles. The van der Waals surface area contributed by atoms with E-state index in [-0.39, 0.29) is 37.8 Å². The molecule has 112 valence electrons. The summed E-state index contributed by atoms with van der Waals surface area (Å²) in [5.41, 5.74) is 10.9. The summed E-state index contributed by atoms with van der Waals surface area (Å²) in [5.74, 6) is -3.30. The summed E-state index contributed by atoms with van der Waals surface area (Å²) in [6.45, 7) is 0.243. The minimum Gasteiger partial charge on any atom is -0.481 e. The molecule has 0 aromatic heterocycles. The molecule has 9 nitrogen and oxygen atoms in total. The van der Waals surface area contributed by atoms with Gasteiger partial charge in [-0.3, -0.25) is 24.3 Å². The number of nitrogens with zero attached hydrogens (tertiary/aromatic N) is 2. The van der Waals surface area contributed by atoms with Crippen LogP contribution < -0.4 is 11.5 Å². The molecule has 1 unspecified atom stereocenters. The number of carboxylic acids is 2. The number of carbonyl (C=O) groups is 3. The Balaban J connectivity index is 2.43. The van der Waals surface area contributed by atoms with Gasteiger partial charge in [-0.1, -0.05) is 0 Å². The fourth-order valence-corrected chi connectivity index (χ4v) is 1.81. The van der Waals surface area contributed by atoms with E-state index in [1.165, 1.54) is 0 Å². The first-order valence-corrected chi connectivity index (χ1v) is 6.14. The van der Waals surface area contributed by atoms with Gasteiger partial charge in [0.2, 0.25) is 5.91 Å². The molecule has 1 amide bonds.